The summed E-state index contributed by atoms with van der Waals surface area (Å²) in [5.41, 5.74) is 1.13. The third-order valence-electron chi connectivity index (χ3n) is 3.47. The Bertz CT molecular complexity index is 916. The van der Waals surface area contributed by atoms with Crippen LogP contribution < -0.4 is 10.1 Å². The van der Waals surface area contributed by atoms with E-state index in [0.29, 0.717) is 11.3 Å². The van der Waals surface area contributed by atoms with E-state index in [1.165, 1.54) is 12.3 Å². The molecule has 25 heavy (non-hydrogen) atoms. The highest BCUT2D eigenvalue weighted by Gasteiger charge is 2.12. The summed E-state index contributed by atoms with van der Waals surface area (Å²) in [7, 11) is 1.57. The molecule has 8 heteroatoms. The van der Waals surface area contributed by atoms with Gasteiger partial charge in [-0.3, -0.25) is 4.79 Å². The van der Waals surface area contributed by atoms with Gasteiger partial charge in [-0.2, -0.15) is 5.10 Å². The standard InChI is InChI=1S/C17H15N3O4S/c1-24-14-5-3-2-4-13(14)20-10-11(8-19-20)16(21)18-9-12-6-7-15(25-12)17(22)23/h2-8,10H,9H2,1H3,(H,18,21)(H,22,23). The van der Waals surface area contributed by atoms with Crippen LogP contribution in [0.25, 0.3) is 5.69 Å². The van der Waals surface area contributed by atoms with E-state index in [2.05, 4.69) is 10.4 Å². The zero-order chi connectivity index (χ0) is 17.8. The first-order valence-electron chi connectivity index (χ1n) is 7.36. The molecule has 2 N–H and O–H groups in total. The molecule has 7 nitrogen and oxygen atoms in total. The number of rotatable bonds is 6. The molecule has 0 fully saturated rings. The van der Waals surface area contributed by atoms with Gasteiger partial charge in [-0.25, -0.2) is 9.48 Å². The van der Waals surface area contributed by atoms with Gasteiger partial charge in [0.2, 0.25) is 0 Å². The Morgan fingerprint density at radius 3 is 2.80 bits per heavy atom. The number of para-hydroxylation sites is 2. The van der Waals surface area contributed by atoms with Crippen LogP contribution in [0.1, 0.15) is 24.9 Å². The van der Waals surface area contributed by atoms with Gasteiger partial charge in [0.25, 0.3) is 5.91 Å². The van der Waals surface area contributed by atoms with E-state index in [9.17, 15) is 9.59 Å². The van der Waals surface area contributed by atoms with Crippen LogP contribution in [0, 0.1) is 0 Å². The first-order valence-corrected chi connectivity index (χ1v) is 8.18. The number of benzene rings is 1. The molecule has 3 aromatic rings. The van der Waals surface area contributed by atoms with Crippen molar-refractivity contribution < 1.29 is 19.4 Å². The predicted molar refractivity (Wildman–Crippen MR) is 92.6 cm³/mol. The Hall–Kier alpha value is -3.13. The molecule has 0 spiro atoms. The topological polar surface area (TPSA) is 93.5 Å². The van der Waals surface area contributed by atoms with E-state index in [0.717, 1.165) is 21.9 Å². The minimum absolute atomic E-state index is 0.244. The molecule has 0 bridgehead atoms. The van der Waals surface area contributed by atoms with Gasteiger partial charge in [0.1, 0.15) is 16.3 Å². The maximum atomic E-state index is 12.3. The SMILES string of the molecule is COc1ccccc1-n1cc(C(=O)NCc2ccc(C(=O)O)s2)cn1. The number of nitrogens with one attached hydrogen (secondary N) is 1. The average molecular weight is 357 g/mol. The highest BCUT2D eigenvalue weighted by molar-refractivity contribution is 7.13. The van der Waals surface area contributed by atoms with Crippen LogP contribution in [0.5, 0.6) is 5.75 Å². The number of ether oxygens (including phenoxy) is 1. The fraction of sp³-hybridized carbons (Fsp3) is 0.118. The number of carbonyl (C=O) groups is 2. The molecule has 0 saturated heterocycles. The highest BCUT2D eigenvalue weighted by atomic mass is 32.1. The fourth-order valence-electron chi connectivity index (χ4n) is 2.25. The molecule has 2 heterocycles. The van der Waals surface area contributed by atoms with Gasteiger partial charge >= 0.3 is 5.97 Å². The van der Waals surface area contributed by atoms with Gasteiger partial charge in [-0.05, 0) is 24.3 Å². The van der Waals surface area contributed by atoms with Crippen molar-refractivity contribution in [2.45, 2.75) is 6.54 Å². The van der Waals surface area contributed by atoms with Crippen LogP contribution in [0.3, 0.4) is 0 Å². The van der Waals surface area contributed by atoms with Gasteiger partial charge in [-0.1, -0.05) is 12.1 Å². The lowest BCUT2D eigenvalue weighted by Crippen LogP contribution is -2.21. The quantitative estimate of drug-likeness (QED) is 0.707. The predicted octanol–water partition coefficient (Wildman–Crippen LogP) is 2.57. The normalized spacial score (nSPS) is 10.4. The lowest BCUT2D eigenvalue weighted by Gasteiger charge is -2.07. The lowest BCUT2D eigenvalue weighted by atomic mass is 10.3. The maximum Gasteiger partial charge on any atom is 0.345 e. The minimum atomic E-state index is -0.972. The summed E-state index contributed by atoms with van der Waals surface area (Å²) in [6, 6.07) is 10.6. The molecule has 1 aromatic carbocycles. The molecule has 0 aliphatic heterocycles. The van der Waals surface area contributed by atoms with Crippen molar-refractivity contribution >= 4 is 23.2 Å². The Balaban J connectivity index is 1.69. The molecule has 0 saturated carbocycles. The molecule has 0 aliphatic carbocycles. The summed E-state index contributed by atoms with van der Waals surface area (Å²) in [5, 5.41) is 15.9. The van der Waals surface area contributed by atoms with Gasteiger partial charge in [0.05, 0.1) is 25.4 Å². The van der Waals surface area contributed by atoms with Crippen LogP contribution in [0.15, 0.2) is 48.8 Å². The molecular weight excluding hydrogens is 342 g/mol. The van der Waals surface area contributed by atoms with Gasteiger partial charge in [0.15, 0.2) is 0 Å². The Morgan fingerprint density at radius 2 is 2.08 bits per heavy atom. The van der Waals surface area contributed by atoms with Crippen molar-refractivity contribution in [3.05, 3.63) is 64.1 Å². The Labute approximate surface area is 147 Å². The first kappa shape index (κ1) is 16.7. The van der Waals surface area contributed by atoms with Crippen molar-refractivity contribution in [3.8, 4) is 11.4 Å². The lowest BCUT2D eigenvalue weighted by molar-refractivity contribution is 0.0702. The number of carboxylic acids is 1. The summed E-state index contributed by atoms with van der Waals surface area (Å²) in [6.45, 7) is 0.261. The van der Waals surface area contributed by atoms with Gasteiger partial charge in [0, 0.05) is 11.1 Å². The molecule has 1 amide bonds. The van der Waals surface area contributed by atoms with Crippen molar-refractivity contribution in [1.29, 1.82) is 0 Å². The zero-order valence-electron chi connectivity index (χ0n) is 13.3. The number of thiophene rings is 1. The van der Waals surface area contributed by atoms with Crippen LogP contribution in [0.2, 0.25) is 0 Å². The first-order chi connectivity index (χ1) is 12.1. The average Bonchev–Trinajstić information content (AvgIpc) is 3.29. The minimum Gasteiger partial charge on any atom is -0.494 e. The second-order valence-electron chi connectivity index (χ2n) is 5.10. The third-order valence-corrected chi connectivity index (χ3v) is 4.55. The van der Waals surface area contributed by atoms with Crippen LogP contribution in [-0.2, 0) is 6.54 Å². The smallest absolute Gasteiger partial charge is 0.345 e. The molecule has 0 unspecified atom stereocenters. The summed E-state index contributed by atoms with van der Waals surface area (Å²) >= 11 is 1.13. The third kappa shape index (κ3) is 3.69. The zero-order valence-corrected chi connectivity index (χ0v) is 14.1. The number of amides is 1. The van der Waals surface area contributed by atoms with Gasteiger partial charge < -0.3 is 15.2 Å². The number of nitrogens with zero attached hydrogens (tertiary/aromatic N) is 2. The Morgan fingerprint density at radius 1 is 1.28 bits per heavy atom. The van der Waals surface area contributed by atoms with E-state index < -0.39 is 5.97 Å². The van der Waals surface area contributed by atoms with Crippen molar-refractivity contribution in [1.82, 2.24) is 15.1 Å². The maximum absolute atomic E-state index is 12.3. The number of carboxylic acid groups (broad SMARTS) is 1. The van der Waals surface area contributed by atoms with E-state index in [-0.39, 0.29) is 17.3 Å². The molecule has 3 rings (SSSR count). The number of carbonyl (C=O) groups excluding carboxylic acids is 1. The van der Waals surface area contributed by atoms with Crippen LogP contribution >= 0.6 is 11.3 Å². The van der Waals surface area contributed by atoms with Crippen LogP contribution in [-0.4, -0.2) is 33.9 Å². The molecule has 0 aliphatic rings. The summed E-state index contributed by atoms with van der Waals surface area (Å²) in [6.07, 6.45) is 3.09. The monoisotopic (exact) mass is 357 g/mol. The van der Waals surface area contributed by atoms with E-state index >= 15 is 0 Å². The second kappa shape index (κ2) is 7.18. The van der Waals surface area contributed by atoms with Crippen molar-refractivity contribution in [2.24, 2.45) is 0 Å². The molecule has 2 aromatic heterocycles. The molecule has 0 radical (unpaired) electrons. The summed E-state index contributed by atoms with van der Waals surface area (Å²) < 4.78 is 6.86. The largest absolute Gasteiger partial charge is 0.494 e. The highest BCUT2D eigenvalue weighted by Crippen LogP contribution is 2.21. The summed E-state index contributed by atoms with van der Waals surface area (Å²) in [5.74, 6) is -0.607. The number of methoxy groups -OCH3 is 1. The summed E-state index contributed by atoms with van der Waals surface area (Å²) in [4.78, 5) is 24.1. The van der Waals surface area contributed by atoms with Crippen molar-refractivity contribution in [2.75, 3.05) is 7.11 Å². The fourth-order valence-corrected chi connectivity index (χ4v) is 3.03. The number of aromatic carboxylic acids is 1. The molecule has 128 valence electrons. The number of aromatic nitrogens is 2. The Kier molecular flexibility index (Phi) is 4.80. The van der Waals surface area contributed by atoms with E-state index in [1.807, 2.05) is 24.3 Å². The van der Waals surface area contributed by atoms with Crippen LogP contribution in [0.4, 0.5) is 0 Å². The molecular formula is C17H15N3O4S. The second-order valence-corrected chi connectivity index (χ2v) is 6.27. The number of hydrogen-bond acceptors (Lipinski definition) is 5. The molecule has 0 atom stereocenters. The van der Waals surface area contributed by atoms with E-state index in [4.69, 9.17) is 9.84 Å². The van der Waals surface area contributed by atoms with Crippen molar-refractivity contribution in [3.63, 3.8) is 0 Å². The van der Waals surface area contributed by atoms with E-state index in [1.54, 1.807) is 24.1 Å². The van der Waals surface area contributed by atoms with Gasteiger partial charge in [-0.15, -0.1) is 11.3 Å². The number of hydrogen-bond donors (Lipinski definition) is 2.